The number of pyridine rings is 1. The van der Waals surface area contributed by atoms with Crippen LogP contribution in [0.5, 0.6) is 5.75 Å². The van der Waals surface area contributed by atoms with Crippen LogP contribution in [0.4, 0.5) is 23.2 Å². The van der Waals surface area contributed by atoms with Gasteiger partial charge in [0.1, 0.15) is 17.4 Å². The molecule has 1 atom stereocenters. The van der Waals surface area contributed by atoms with Gasteiger partial charge in [0.25, 0.3) is 0 Å². The molecule has 0 radical (unpaired) electrons. The highest BCUT2D eigenvalue weighted by molar-refractivity contribution is 5.84. The number of rotatable bonds is 10. The largest absolute Gasteiger partial charge is 0.497 e. The van der Waals surface area contributed by atoms with Gasteiger partial charge in [-0.15, -0.1) is 0 Å². The second-order valence-corrected chi connectivity index (χ2v) is 9.70. The Labute approximate surface area is 222 Å². The van der Waals surface area contributed by atoms with Gasteiger partial charge in [-0.3, -0.25) is 15.0 Å². The molecule has 0 bridgehead atoms. The van der Waals surface area contributed by atoms with Crippen molar-refractivity contribution in [3.63, 3.8) is 0 Å². The Morgan fingerprint density at radius 1 is 1.15 bits per heavy atom. The summed E-state index contributed by atoms with van der Waals surface area (Å²) in [6, 6.07) is 6.28. The molecule has 4 N–H and O–H groups in total. The minimum Gasteiger partial charge on any atom is -0.497 e. The minimum absolute atomic E-state index is 0.0482. The van der Waals surface area contributed by atoms with Crippen LogP contribution in [0.15, 0.2) is 36.5 Å². The van der Waals surface area contributed by atoms with Crippen LogP contribution in [0, 0.1) is 28.7 Å². The van der Waals surface area contributed by atoms with Crippen LogP contribution in [-0.2, 0) is 4.79 Å². The van der Waals surface area contributed by atoms with E-state index in [2.05, 4.69) is 10.3 Å². The van der Waals surface area contributed by atoms with Crippen LogP contribution < -0.4 is 15.5 Å². The summed E-state index contributed by atoms with van der Waals surface area (Å²) in [4.78, 5) is 18.8. The summed E-state index contributed by atoms with van der Waals surface area (Å²) in [5.41, 5.74) is 0.986. The second kappa shape index (κ2) is 12.1. The summed E-state index contributed by atoms with van der Waals surface area (Å²) < 4.78 is 60.7. The number of aliphatic hydroxyl groups excluding tert-OH is 1. The average molecular weight is 551 g/mol. The van der Waals surface area contributed by atoms with Gasteiger partial charge in [0.15, 0.2) is 11.6 Å². The molecule has 0 aliphatic carbocycles. The highest BCUT2D eigenvalue weighted by Crippen LogP contribution is 2.40. The van der Waals surface area contributed by atoms with Crippen molar-refractivity contribution in [2.24, 2.45) is 5.41 Å². The van der Waals surface area contributed by atoms with E-state index in [9.17, 15) is 32.7 Å². The number of carbonyl (C=O) groups is 1. The number of methoxy groups -OCH3 is 1. The Morgan fingerprint density at radius 3 is 2.59 bits per heavy atom. The van der Waals surface area contributed by atoms with Gasteiger partial charge in [0.2, 0.25) is 5.91 Å². The van der Waals surface area contributed by atoms with Gasteiger partial charge < -0.3 is 20.1 Å². The van der Waals surface area contributed by atoms with Crippen LogP contribution >= 0.6 is 0 Å². The third-order valence-electron chi connectivity index (χ3n) is 7.43. The summed E-state index contributed by atoms with van der Waals surface area (Å²) in [5, 5.41) is 23.5. The van der Waals surface area contributed by atoms with Crippen LogP contribution in [0.3, 0.4) is 0 Å². The molecule has 39 heavy (non-hydrogen) atoms. The molecule has 0 saturated carbocycles. The van der Waals surface area contributed by atoms with Crippen LogP contribution in [0.25, 0.3) is 10.9 Å². The van der Waals surface area contributed by atoms with Gasteiger partial charge in [-0.25, -0.2) is 23.0 Å². The number of piperidine rings is 1. The standard InChI is InChI=1S/C27H30F4N4O4/c1-39-17-2-3-21-18(14-17)24(20(30)15-33-21)23(36)4-5-27(26(37)34-38)6-9-35(10-7-27)11-8-32-22-13-16(28)12-19(29)25(22)31/h2-3,12-15,23,32,36,38H,4-11H2,1H3,(H,34,37)/t23-/m1/s1. The lowest BCUT2D eigenvalue weighted by Gasteiger charge is -2.40. The number of fused-ring (bicyclic) bond motifs is 1. The minimum atomic E-state index is -1.28. The quantitative estimate of drug-likeness (QED) is 0.129. The number of carbonyl (C=O) groups excluding carboxylic acids is 1. The highest BCUT2D eigenvalue weighted by atomic mass is 19.2. The van der Waals surface area contributed by atoms with Crippen molar-refractivity contribution >= 4 is 22.5 Å². The molecule has 210 valence electrons. The number of aromatic nitrogens is 1. The van der Waals surface area contributed by atoms with Crippen LogP contribution in [0.1, 0.15) is 37.4 Å². The van der Waals surface area contributed by atoms with Crippen molar-refractivity contribution < 1.29 is 37.4 Å². The Morgan fingerprint density at radius 2 is 1.90 bits per heavy atom. The van der Waals surface area contributed by atoms with Gasteiger partial charge in [-0.1, -0.05) is 0 Å². The number of hydroxylamine groups is 1. The van der Waals surface area contributed by atoms with E-state index >= 15 is 0 Å². The number of benzene rings is 2. The first-order chi connectivity index (χ1) is 18.7. The van der Waals surface area contributed by atoms with Crippen molar-refractivity contribution in [3.05, 3.63) is 65.4 Å². The predicted molar refractivity (Wildman–Crippen MR) is 135 cm³/mol. The maximum atomic E-state index is 14.8. The predicted octanol–water partition coefficient (Wildman–Crippen LogP) is 4.31. The van der Waals surface area contributed by atoms with Gasteiger partial charge in [0, 0.05) is 36.2 Å². The molecule has 1 saturated heterocycles. The monoisotopic (exact) mass is 550 g/mol. The Hall–Kier alpha value is -3.48. The first-order valence-corrected chi connectivity index (χ1v) is 12.5. The molecule has 1 fully saturated rings. The molecule has 12 heteroatoms. The number of likely N-dealkylation sites (tertiary alicyclic amines) is 1. The molecule has 1 amide bonds. The Kier molecular flexibility index (Phi) is 8.88. The number of anilines is 1. The smallest absolute Gasteiger partial charge is 0.249 e. The average Bonchev–Trinajstić information content (AvgIpc) is 2.94. The molecule has 2 heterocycles. The molecule has 1 aromatic heterocycles. The normalized spacial score (nSPS) is 16.2. The summed E-state index contributed by atoms with van der Waals surface area (Å²) >= 11 is 0. The van der Waals surface area contributed by atoms with E-state index in [1.807, 2.05) is 4.90 Å². The molecular weight excluding hydrogens is 520 g/mol. The summed E-state index contributed by atoms with van der Waals surface area (Å²) in [6.45, 7) is 1.49. The molecule has 8 nitrogen and oxygen atoms in total. The number of hydrogen-bond acceptors (Lipinski definition) is 7. The Bertz CT molecular complexity index is 1330. The van der Waals surface area contributed by atoms with E-state index < -0.39 is 40.7 Å². The lowest BCUT2D eigenvalue weighted by molar-refractivity contribution is -0.143. The molecule has 4 rings (SSSR count). The maximum Gasteiger partial charge on any atom is 0.249 e. The number of halogens is 4. The highest BCUT2D eigenvalue weighted by Gasteiger charge is 2.41. The van der Waals surface area contributed by atoms with E-state index in [0.717, 1.165) is 12.3 Å². The first-order valence-electron chi connectivity index (χ1n) is 12.5. The fourth-order valence-corrected chi connectivity index (χ4v) is 5.14. The molecule has 1 aliphatic heterocycles. The third-order valence-corrected chi connectivity index (χ3v) is 7.43. The zero-order valence-corrected chi connectivity index (χ0v) is 21.3. The first kappa shape index (κ1) is 28.5. The van der Waals surface area contributed by atoms with Gasteiger partial charge >= 0.3 is 0 Å². The van der Waals surface area contributed by atoms with Gasteiger partial charge in [0.05, 0.1) is 36.0 Å². The van der Waals surface area contributed by atoms with Gasteiger partial charge in [-0.05, 0) is 57.0 Å². The second-order valence-electron chi connectivity index (χ2n) is 9.70. The van der Waals surface area contributed by atoms with Crippen LogP contribution in [-0.4, -0.2) is 59.4 Å². The van der Waals surface area contributed by atoms with Crippen molar-refractivity contribution in [1.29, 1.82) is 0 Å². The van der Waals surface area contributed by atoms with E-state index in [1.165, 1.54) is 7.11 Å². The SMILES string of the molecule is COc1ccc2ncc(F)c([C@H](O)CCC3(C(=O)NO)CCN(CCNc4cc(F)cc(F)c4F)CC3)c2c1. The third kappa shape index (κ3) is 6.23. The Balaban J connectivity index is 1.40. The van der Waals surface area contributed by atoms with Crippen molar-refractivity contribution in [2.45, 2.75) is 31.8 Å². The van der Waals surface area contributed by atoms with Gasteiger partial charge in [-0.2, -0.15) is 0 Å². The lowest BCUT2D eigenvalue weighted by Crippen LogP contribution is -2.49. The molecule has 0 unspecified atom stereocenters. The molecular formula is C27H30F4N4O4. The number of ether oxygens (including phenoxy) is 1. The maximum absolute atomic E-state index is 14.8. The number of hydrogen-bond donors (Lipinski definition) is 4. The van der Waals surface area contributed by atoms with E-state index in [1.54, 1.807) is 23.7 Å². The van der Waals surface area contributed by atoms with E-state index in [4.69, 9.17) is 4.74 Å². The number of nitrogens with one attached hydrogen (secondary N) is 2. The fourth-order valence-electron chi connectivity index (χ4n) is 5.14. The zero-order chi connectivity index (χ0) is 28.2. The summed E-state index contributed by atoms with van der Waals surface area (Å²) in [6.07, 6.45) is 0.695. The summed E-state index contributed by atoms with van der Waals surface area (Å²) in [5.74, 6) is -4.13. The summed E-state index contributed by atoms with van der Waals surface area (Å²) in [7, 11) is 1.48. The molecule has 3 aromatic rings. The number of nitrogens with zero attached hydrogens (tertiary/aromatic N) is 2. The molecule has 1 aliphatic rings. The van der Waals surface area contributed by atoms with E-state index in [-0.39, 0.29) is 30.6 Å². The molecule has 2 aromatic carbocycles. The molecule has 0 spiro atoms. The lowest BCUT2D eigenvalue weighted by atomic mass is 9.73. The van der Waals surface area contributed by atoms with E-state index in [0.29, 0.717) is 55.2 Å². The topological polar surface area (TPSA) is 107 Å². The van der Waals surface area contributed by atoms with Crippen molar-refractivity contribution in [1.82, 2.24) is 15.4 Å². The van der Waals surface area contributed by atoms with Crippen molar-refractivity contribution in [3.8, 4) is 5.75 Å². The van der Waals surface area contributed by atoms with Crippen molar-refractivity contribution in [2.75, 3.05) is 38.6 Å². The van der Waals surface area contributed by atoms with Crippen LogP contribution in [0.2, 0.25) is 0 Å². The number of aliphatic hydroxyl groups is 1. The number of amides is 1. The zero-order valence-electron chi connectivity index (χ0n) is 21.3. The fraction of sp³-hybridized carbons (Fsp3) is 0.407.